The van der Waals surface area contributed by atoms with Crippen molar-refractivity contribution in [3.8, 4) is 0 Å². The lowest BCUT2D eigenvalue weighted by Gasteiger charge is -2.17. The van der Waals surface area contributed by atoms with Crippen molar-refractivity contribution in [3.63, 3.8) is 0 Å². The fraction of sp³-hybridized carbons (Fsp3) is 0.0435. The maximum absolute atomic E-state index is 12.7. The normalized spacial score (nSPS) is 16.5. The summed E-state index contributed by atoms with van der Waals surface area (Å²) in [6.45, 7) is 0. The number of rotatable bonds is 1. The summed E-state index contributed by atoms with van der Waals surface area (Å²) < 4.78 is 0. The third kappa shape index (κ3) is 1.91. The predicted octanol–water partition coefficient (Wildman–Crippen LogP) is 5.17. The van der Waals surface area contributed by atoms with Crippen LogP contribution in [0.3, 0.4) is 0 Å². The van der Waals surface area contributed by atoms with Crippen molar-refractivity contribution < 1.29 is 9.59 Å². The fourth-order valence-corrected chi connectivity index (χ4v) is 3.90. The Bertz CT molecular complexity index is 1230. The van der Waals surface area contributed by atoms with Crippen molar-refractivity contribution >= 4 is 50.5 Å². The Balaban J connectivity index is 1.92. The number of ketones is 1. The second-order valence-corrected chi connectivity index (χ2v) is 6.46. The highest BCUT2D eigenvalue weighted by molar-refractivity contribution is 6.24. The van der Waals surface area contributed by atoms with Crippen LogP contribution < -0.4 is 0 Å². The fourth-order valence-electron chi connectivity index (χ4n) is 3.90. The number of benzene rings is 4. The van der Waals surface area contributed by atoms with E-state index in [0.29, 0.717) is 5.56 Å². The van der Waals surface area contributed by atoms with Crippen LogP contribution >= 0.6 is 0 Å². The van der Waals surface area contributed by atoms with Crippen molar-refractivity contribution in [2.24, 2.45) is 5.92 Å². The zero-order chi connectivity index (χ0) is 17.0. The number of hydrogen-bond acceptors (Lipinski definition) is 2. The van der Waals surface area contributed by atoms with E-state index in [9.17, 15) is 9.59 Å². The van der Waals surface area contributed by atoms with Gasteiger partial charge in [0.25, 0.3) is 0 Å². The number of allylic oxidation sites excluding steroid dienone is 1. The van der Waals surface area contributed by atoms with E-state index in [-0.39, 0.29) is 5.78 Å². The molecule has 2 nitrogen and oxygen atoms in total. The van der Waals surface area contributed by atoms with Crippen molar-refractivity contribution in [2.75, 3.05) is 0 Å². The van der Waals surface area contributed by atoms with Crippen LogP contribution in [0.15, 0.2) is 66.7 Å². The molecule has 0 saturated heterocycles. The Kier molecular flexibility index (Phi) is 2.89. The number of carbonyl (C=O) groups excluding carboxylic acids is 2. The molecule has 0 saturated carbocycles. The molecule has 1 aliphatic carbocycles. The summed E-state index contributed by atoms with van der Waals surface area (Å²) in [7, 11) is 0. The Labute approximate surface area is 144 Å². The minimum atomic E-state index is -0.676. The zero-order valence-electron chi connectivity index (χ0n) is 13.4. The highest BCUT2D eigenvalue weighted by Crippen LogP contribution is 2.36. The monoisotopic (exact) mass is 322 g/mol. The molecule has 25 heavy (non-hydrogen) atoms. The summed E-state index contributed by atoms with van der Waals surface area (Å²) in [5, 5.41) is 6.68. The van der Waals surface area contributed by atoms with Gasteiger partial charge in [-0.25, -0.2) is 0 Å². The van der Waals surface area contributed by atoms with Gasteiger partial charge in [0.1, 0.15) is 6.29 Å². The third-order valence-electron chi connectivity index (χ3n) is 5.13. The molecule has 0 N–H and O–H groups in total. The van der Waals surface area contributed by atoms with Gasteiger partial charge in [-0.3, -0.25) is 4.79 Å². The van der Waals surface area contributed by atoms with Gasteiger partial charge in [0, 0.05) is 5.56 Å². The molecular weight excluding hydrogens is 308 g/mol. The van der Waals surface area contributed by atoms with E-state index in [0.717, 1.165) is 28.0 Å². The molecule has 2 heteroatoms. The molecule has 4 aromatic rings. The molecular formula is C23H14O2. The van der Waals surface area contributed by atoms with E-state index >= 15 is 0 Å². The van der Waals surface area contributed by atoms with E-state index in [4.69, 9.17) is 0 Å². The average molecular weight is 322 g/mol. The molecule has 4 aromatic carbocycles. The van der Waals surface area contributed by atoms with E-state index in [1.807, 2.05) is 30.3 Å². The summed E-state index contributed by atoms with van der Waals surface area (Å²) in [6.07, 6.45) is 4.27. The minimum absolute atomic E-state index is 0.113. The molecule has 0 bridgehead atoms. The van der Waals surface area contributed by atoms with Gasteiger partial charge in [0.05, 0.1) is 5.92 Å². The number of aldehydes is 1. The maximum atomic E-state index is 12.7. The number of Topliss-reactive ketones (excluding diaryl/α,β-unsaturated/α-hetero) is 1. The predicted molar refractivity (Wildman–Crippen MR) is 102 cm³/mol. The number of carbonyl (C=O) groups is 2. The first-order chi connectivity index (χ1) is 12.3. The SMILES string of the molecule is O=CC1C=Cc2ccc3c(ccc4c5ccccc5ccc34)c2C1=O. The van der Waals surface area contributed by atoms with Crippen molar-refractivity contribution in [1.29, 1.82) is 0 Å². The van der Waals surface area contributed by atoms with Crippen LogP contribution in [0.5, 0.6) is 0 Å². The largest absolute Gasteiger partial charge is 0.302 e. The first kappa shape index (κ1) is 14.1. The van der Waals surface area contributed by atoms with Gasteiger partial charge in [-0.2, -0.15) is 0 Å². The summed E-state index contributed by atoms with van der Waals surface area (Å²) in [5.41, 5.74) is 1.54. The minimum Gasteiger partial charge on any atom is -0.302 e. The van der Waals surface area contributed by atoms with Gasteiger partial charge in [0.2, 0.25) is 0 Å². The molecule has 118 valence electrons. The molecule has 0 fully saturated rings. The number of fused-ring (bicyclic) bond motifs is 7. The zero-order valence-corrected chi connectivity index (χ0v) is 13.4. The van der Waals surface area contributed by atoms with Crippen LogP contribution in [0.1, 0.15) is 15.9 Å². The molecule has 0 heterocycles. The molecule has 0 spiro atoms. The molecule has 0 aliphatic heterocycles. The van der Waals surface area contributed by atoms with Gasteiger partial charge in [-0.05, 0) is 37.9 Å². The Morgan fingerprint density at radius 3 is 2.28 bits per heavy atom. The highest BCUT2D eigenvalue weighted by atomic mass is 16.1. The summed E-state index contributed by atoms with van der Waals surface area (Å²) in [6, 6.07) is 20.7. The number of hydrogen-bond donors (Lipinski definition) is 0. The molecule has 0 radical (unpaired) electrons. The lowest BCUT2D eigenvalue weighted by atomic mass is 9.84. The van der Waals surface area contributed by atoms with Crippen molar-refractivity contribution in [1.82, 2.24) is 0 Å². The topological polar surface area (TPSA) is 34.1 Å². The van der Waals surface area contributed by atoms with Gasteiger partial charge < -0.3 is 4.79 Å². The summed E-state index contributed by atoms with van der Waals surface area (Å²) >= 11 is 0. The van der Waals surface area contributed by atoms with E-state index < -0.39 is 5.92 Å². The smallest absolute Gasteiger partial charge is 0.178 e. The molecule has 5 rings (SSSR count). The molecule has 1 aliphatic rings. The van der Waals surface area contributed by atoms with E-state index in [1.54, 1.807) is 6.08 Å². The first-order valence-corrected chi connectivity index (χ1v) is 8.33. The van der Waals surface area contributed by atoms with Crippen LogP contribution in [0.4, 0.5) is 0 Å². The third-order valence-corrected chi connectivity index (χ3v) is 5.13. The highest BCUT2D eigenvalue weighted by Gasteiger charge is 2.25. The standard InChI is InChI=1S/C23H14O2/c24-13-16-6-5-15-8-10-20-19-9-7-14-3-1-2-4-17(14)18(19)11-12-21(20)22(15)23(16)25/h1-13,16H. The van der Waals surface area contributed by atoms with Crippen LogP contribution in [0, 0.1) is 5.92 Å². The van der Waals surface area contributed by atoms with Crippen LogP contribution in [0.2, 0.25) is 0 Å². The Morgan fingerprint density at radius 2 is 1.40 bits per heavy atom. The lowest BCUT2D eigenvalue weighted by molar-refractivity contribution is -0.108. The van der Waals surface area contributed by atoms with Gasteiger partial charge in [-0.15, -0.1) is 0 Å². The maximum Gasteiger partial charge on any atom is 0.178 e. The van der Waals surface area contributed by atoms with Gasteiger partial charge in [-0.1, -0.05) is 72.8 Å². The quantitative estimate of drug-likeness (QED) is 0.275. The summed E-state index contributed by atoms with van der Waals surface area (Å²) in [5.74, 6) is -0.788. The van der Waals surface area contributed by atoms with Crippen LogP contribution in [0.25, 0.3) is 38.4 Å². The molecule has 1 unspecified atom stereocenters. The lowest BCUT2D eigenvalue weighted by Crippen LogP contribution is -2.18. The van der Waals surface area contributed by atoms with Crippen molar-refractivity contribution in [3.05, 3.63) is 77.9 Å². The van der Waals surface area contributed by atoms with Crippen LogP contribution in [-0.2, 0) is 4.79 Å². The second kappa shape index (κ2) is 5.12. The van der Waals surface area contributed by atoms with E-state index in [2.05, 4.69) is 36.4 Å². The van der Waals surface area contributed by atoms with Crippen LogP contribution in [-0.4, -0.2) is 12.1 Å². The molecule has 1 atom stereocenters. The Hall–Kier alpha value is -3.26. The van der Waals surface area contributed by atoms with Gasteiger partial charge in [0.15, 0.2) is 5.78 Å². The average Bonchev–Trinajstić information content (AvgIpc) is 2.67. The Morgan fingerprint density at radius 1 is 0.720 bits per heavy atom. The molecule has 0 aromatic heterocycles. The van der Waals surface area contributed by atoms with E-state index in [1.165, 1.54) is 16.2 Å². The van der Waals surface area contributed by atoms with Crippen molar-refractivity contribution in [2.45, 2.75) is 0 Å². The second-order valence-electron chi connectivity index (χ2n) is 6.46. The molecule has 0 amide bonds. The van der Waals surface area contributed by atoms with Gasteiger partial charge >= 0.3 is 0 Å². The first-order valence-electron chi connectivity index (χ1n) is 8.33. The summed E-state index contributed by atoms with van der Waals surface area (Å²) in [4.78, 5) is 23.9.